The van der Waals surface area contributed by atoms with E-state index in [-0.39, 0.29) is 24.4 Å². The Bertz CT molecular complexity index is 416. The average Bonchev–Trinajstić information content (AvgIpc) is 2.42. The number of carbonyl (C=O) groups is 1. The van der Waals surface area contributed by atoms with Crippen LogP contribution < -0.4 is 11.1 Å². The first kappa shape index (κ1) is 19.2. The molecule has 1 amide bonds. The van der Waals surface area contributed by atoms with Gasteiger partial charge in [-0.15, -0.1) is 12.4 Å². The van der Waals surface area contributed by atoms with Gasteiger partial charge >= 0.3 is 0 Å². The van der Waals surface area contributed by atoms with Gasteiger partial charge in [0.15, 0.2) is 0 Å². The van der Waals surface area contributed by atoms with Crippen LogP contribution in [0.1, 0.15) is 39.2 Å². The van der Waals surface area contributed by atoms with Crippen molar-refractivity contribution in [3.63, 3.8) is 0 Å². The maximum Gasteiger partial charge on any atom is 0.230 e. The molecule has 0 aromatic heterocycles. The summed E-state index contributed by atoms with van der Waals surface area (Å²) in [6, 6.07) is 7.51. The molecule has 114 valence electrons. The van der Waals surface area contributed by atoms with Crippen LogP contribution in [0, 0.1) is 0 Å². The van der Waals surface area contributed by atoms with Gasteiger partial charge in [0.1, 0.15) is 0 Å². The molecular formula is C15H24Cl2N2O. The Morgan fingerprint density at radius 2 is 1.80 bits per heavy atom. The van der Waals surface area contributed by atoms with Crippen LogP contribution >= 0.6 is 24.0 Å². The number of nitrogens with two attached hydrogens (primary N) is 1. The van der Waals surface area contributed by atoms with Crippen molar-refractivity contribution in [3.8, 4) is 0 Å². The first-order chi connectivity index (χ1) is 9.00. The minimum Gasteiger partial charge on any atom is -0.352 e. The Morgan fingerprint density at radius 3 is 2.20 bits per heavy atom. The highest BCUT2D eigenvalue weighted by molar-refractivity contribution is 6.30. The molecule has 1 rings (SSSR count). The summed E-state index contributed by atoms with van der Waals surface area (Å²) in [6.07, 6.45) is 1.49. The SMILES string of the molecule is CCC(CC)(C(=O)N[C@@H](C)CN)c1ccc(Cl)cc1.Cl. The Hall–Kier alpha value is -0.770. The Kier molecular flexibility index (Phi) is 8.17. The van der Waals surface area contributed by atoms with E-state index in [0.29, 0.717) is 11.6 Å². The number of hydrogen-bond donors (Lipinski definition) is 2. The number of nitrogens with one attached hydrogen (secondary N) is 1. The van der Waals surface area contributed by atoms with Crippen LogP contribution in [0.2, 0.25) is 5.02 Å². The number of benzene rings is 1. The molecule has 0 spiro atoms. The molecule has 0 aliphatic heterocycles. The number of halogens is 2. The Balaban J connectivity index is 0.00000361. The molecule has 0 aliphatic rings. The van der Waals surface area contributed by atoms with Crippen LogP contribution in [0.15, 0.2) is 24.3 Å². The van der Waals surface area contributed by atoms with Crippen molar-refractivity contribution in [1.29, 1.82) is 0 Å². The van der Waals surface area contributed by atoms with Crippen LogP contribution in [-0.4, -0.2) is 18.5 Å². The smallest absolute Gasteiger partial charge is 0.230 e. The molecule has 1 aromatic carbocycles. The molecule has 1 atom stereocenters. The number of carbonyl (C=O) groups excluding carboxylic acids is 1. The molecule has 0 aliphatic carbocycles. The van der Waals surface area contributed by atoms with Gasteiger partial charge in [0.25, 0.3) is 0 Å². The molecule has 0 radical (unpaired) electrons. The van der Waals surface area contributed by atoms with E-state index >= 15 is 0 Å². The summed E-state index contributed by atoms with van der Waals surface area (Å²) in [7, 11) is 0. The van der Waals surface area contributed by atoms with Gasteiger partial charge < -0.3 is 11.1 Å². The molecule has 0 saturated carbocycles. The fourth-order valence-corrected chi connectivity index (χ4v) is 2.43. The van der Waals surface area contributed by atoms with Gasteiger partial charge in [0, 0.05) is 17.6 Å². The number of hydrogen-bond acceptors (Lipinski definition) is 2. The summed E-state index contributed by atoms with van der Waals surface area (Å²) in [6.45, 7) is 6.42. The van der Waals surface area contributed by atoms with Crippen molar-refractivity contribution in [2.45, 2.75) is 45.1 Å². The summed E-state index contributed by atoms with van der Waals surface area (Å²) >= 11 is 5.92. The second-order valence-electron chi connectivity index (χ2n) is 4.91. The molecular weight excluding hydrogens is 295 g/mol. The van der Waals surface area contributed by atoms with E-state index in [1.165, 1.54) is 0 Å². The summed E-state index contributed by atoms with van der Waals surface area (Å²) in [5.41, 5.74) is 6.07. The minimum atomic E-state index is -0.506. The number of rotatable bonds is 6. The van der Waals surface area contributed by atoms with Crippen molar-refractivity contribution < 1.29 is 4.79 Å². The standard InChI is InChI=1S/C15H23ClN2O.ClH/c1-4-15(5-2,14(19)18-11(3)10-17)12-6-8-13(16)9-7-12;/h6-9,11H,4-5,10,17H2,1-3H3,(H,18,19);1H/t11-;/m0./s1. The molecule has 3 N–H and O–H groups in total. The Morgan fingerprint density at radius 1 is 1.30 bits per heavy atom. The van der Waals surface area contributed by atoms with Gasteiger partial charge in [-0.3, -0.25) is 4.79 Å². The summed E-state index contributed by atoms with van der Waals surface area (Å²) in [5, 5.41) is 3.67. The van der Waals surface area contributed by atoms with Crippen molar-refractivity contribution in [1.82, 2.24) is 5.32 Å². The van der Waals surface area contributed by atoms with E-state index in [1.54, 1.807) is 0 Å². The molecule has 0 unspecified atom stereocenters. The predicted octanol–water partition coefficient (Wildman–Crippen LogP) is 3.28. The topological polar surface area (TPSA) is 55.1 Å². The van der Waals surface area contributed by atoms with Gasteiger partial charge in [0.05, 0.1) is 5.41 Å². The molecule has 3 nitrogen and oxygen atoms in total. The van der Waals surface area contributed by atoms with E-state index in [2.05, 4.69) is 5.32 Å². The predicted molar refractivity (Wildman–Crippen MR) is 87.6 cm³/mol. The zero-order valence-corrected chi connectivity index (χ0v) is 13.9. The molecule has 1 aromatic rings. The molecule has 0 heterocycles. The lowest BCUT2D eigenvalue weighted by Crippen LogP contribution is -2.49. The lowest BCUT2D eigenvalue weighted by molar-refractivity contribution is -0.127. The summed E-state index contributed by atoms with van der Waals surface area (Å²) < 4.78 is 0. The Labute approximate surface area is 132 Å². The van der Waals surface area contributed by atoms with E-state index in [4.69, 9.17) is 17.3 Å². The van der Waals surface area contributed by atoms with Crippen LogP contribution in [-0.2, 0) is 10.2 Å². The van der Waals surface area contributed by atoms with Gasteiger partial charge in [0.2, 0.25) is 5.91 Å². The highest BCUT2D eigenvalue weighted by atomic mass is 35.5. The second-order valence-corrected chi connectivity index (χ2v) is 5.34. The maximum atomic E-state index is 12.6. The highest BCUT2D eigenvalue weighted by Crippen LogP contribution is 2.32. The third-order valence-corrected chi connectivity index (χ3v) is 4.02. The summed E-state index contributed by atoms with van der Waals surface area (Å²) in [5.74, 6) is 0.0396. The second kappa shape index (κ2) is 8.50. The maximum absolute atomic E-state index is 12.6. The van der Waals surface area contributed by atoms with E-state index in [1.807, 2.05) is 45.0 Å². The lowest BCUT2D eigenvalue weighted by Gasteiger charge is -2.32. The largest absolute Gasteiger partial charge is 0.352 e. The molecule has 0 saturated heterocycles. The van der Waals surface area contributed by atoms with Gasteiger partial charge in [-0.05, 0) is 37.5 Å². The highest BCUT2D eigenvalue weighted by Gasteiger charge is 2.37. The van der Waals surface area contributed by atoms with Crippen LogP contribution in [0.5, 0.6) is 0 Å². The van der Waals surface area contributed by atoms with Crippen molar-refractivity contribution in [2.24, 2.45) is 5.73 Å². The lowest BCUT2D eigenvalue weighted by atomic mass is 9.75. The van der Waals surface area contributed by atoms with Crippen molar-refractivity contribution in [3.05, 3.63) is 34.9 Å². The molecule has 5 heteroatoms. The van der Waals surface area contributed by atoms with Crippen LogP contribution in [0.25, 0.3) is 0 Å². The number of amides is 1. The zero-order chi connectivity index (χ0) is 14.5. The monoisotopic (exact) mass is 318 g/mol. The van der Waals surface area contributed by atoms with Gasteiger partial charge in [-0.1, -0.05) is 37.6 Å². The molecule has 0 bridgehead atoms. The minimum absolute atomic E-state index is 0. The fraction of sp³-hybridized carbons (Fsp3) is 0.533. The van der Waals surface area contributed by atoms with E-state index in [0.717, 1.165) is 18.4 Å². The normalized spacial score (nSPS) is 12.4. The van der Waals surface area contributed by atoms with Gasteiger partial charge in [-0.2, -0.15) is 0 Å². The third-order valence-electron chi connectivity index (χ3n) is 3.77. The van der Waals surface area contributed by atoms with Crippen molar-refractivity contribution >= 4 is 29.9 Å². The zero-order valence-electron chi connectivity index (χ0n) is 12.3. The van der Waals surface area contributed by atoms with Crippen LogP contribution in [0.4, 0.5) is 0 Å². The average molecular weight is 319 g/mol. The summed E-state index contributed by atoms with van der Waals surface area (Å²) in [4.78, 5) is 12.6. The van der Waals surface area contributed by atoms with Crippen LogP contribution in [0.3, 0.4) is 0 Å². The quantitative estimate of drug-likeness (QED) is 0.845. The first-order valence-corrected chi connectivity index (χ1v) is 7.15. The van der Waals surface area contributed by atoms with E-state index < -0.39 is 5.41 Å². The molecule has 20 heavy (non-hydrogen) atoms. The van der Waals surface area contributed by atoms with Gasteiger partial charge in [-0.25, -0.2) is 0 Å². The van der Waals surface area contributed by atoms with E-state index in [9.17, 15) is 4.79 Å². The third kappa shape index (κ3) is 4.11. The molecule has 0 fully saturated rings. The van der Waals surface area contributed by atoms with Crippen molar-refractivity contribution in [2.75, 3.05) is 6.54 Å². The first-order valence-electron chi connectivity index (χ1n) is 6.77. The fourth-order valence-electron chi connectivity index (χ4n) is 2.30.